The van der Waals surface area contributed by atoms with Gasteiger partial charge in [-0.2, -0.15) is 5.10 Å². The van der Waals surface area contributed by atoms with Crippen molar-refractivity contribution in [3.63, 3.8) is 0 Å². The number of hydrogen-bond acceptors (Lipinski definition) is 2. The van der Waals surface area contributed by atoms with E-state index in [-0.39, 0.29) is 6.04 Å². The average molecular weight is 258 g/mol. The topological polar surface area (TPSA) is 38.0 Å². The highest BCUT2D eigenvalue weighted by Crippen LogP contribution is 2.39. The Hall–Kier alpha value is 0.0400. The van der Waals surface area contributed by atoms with Gasteiger partial charge in [0.05, 0.1) is 6.20 Å². The molecule has 14 heavy (non-hydrogen) atoms. The minimum absolute atomic E-state index is 0.214. The number of aromatic nitrogens is 2. The Bertz CT molecular complexity index is 306. The molecule has 1 N–H and O–H groups in total. The molecule has 0 amide bonds. The van der Waals surface area contributed by atoms with Crippen LogP contribution in [0.1, 0.15) is 31.6 Å². The zero-order chi connectivity index (χ0) is 10.9. The lowest BCUT2D eigenvalue weighted by Gasteiger charge is -2.17. The van der Waals surface area contributed by atoms with Crippen LogP contribution in [-0.2, 0) is 0 Å². The van der Waals surface area contributed by atoms with Crippen LogP contribution in [-0.4, -0.2) is 18.7 Å². The first-order valence-electron chi connectivity index (χ1n) is 4.11. The van der Waals surface area contributed by atoms with Crippen LogP contribution in [0.4, 0.5) is 0 Å². The van der Waals surface area contributed by atoms with Crippen molar-refractivity contribution in [2.24, 2.45) is 0 Å². The van der Waals surface area contributed by atoms with Gasteiger partial charge in [-0.3, -0.25) is 4.68 Å². The average Bonchev–Trinajstić information content (AvgIpc) is 2.48. The molecule has 0 saturated heterocycles. The summed E-state index contributed by atoms with van der Waals surface area (Å²) in [5, 5.41) is 13.6. The smallest absolute Gasteiger partial charge is 0.220 e. The molecule has 0 bridgehead atoms. The zero-order valence-electron chi connectivity index (χ0n) is 7.78. The first kappa shape index (κ1) is 12.1. The minimum atomic E-state index is -1.72. The zero-order valence-corrected chi connectivity index (χ0v) is 10.1. The van der Waals surface area contributed by atoms with Crippen LogP contribution in [0.25, 0.3) is 0 Å². The van der Waals surface area contributed by atoms with E-state index in [9.17, 15) is 5.11 Å². The van der Waals surface area contributed by atoms with Crippen molar-refractivity contribution in [1.29, 1.82) is 0 Å². The van der Waals surface area contributed by atoms with Gasteiger partial charge in [0.15, 0.2) is 0 Å². The van der Waals surface area contributed by atoms with Crippen LogP contribution in [0.3, 0.4) is 0 Å². The standard InChI is InChI=1S/C8H11Cl3N2O/c1-5(2)13-4-6(3-12-13)7(14)8(9,10)11/h3-5,7,14H,1-2H3. The Balaban J connectivity index is 2.87. The summed E-state index contributed by atoms with van der Waals surface area (Å²) in [6.07, 6.45) is 2.00. The summed E-state index contributed by atoms with van der Waals surface area (Å²) in [5.41, 5.74) is 0.499. The van der Waals surface area contributed by atoms with Gasteiger partial charge >= 0.3 is 0 Å². The molecule has 1 aromatic rings. The van der Waals surface area contributed by atoms with Crippen LogP contribution >= 0.6 is 34.8 Å². The number of halogens is 3. The predicted molar refractivity (Wildman–Crippen MR) is 57.9 cm³/mol. The molecule has 1 atom stereocenters. The summed E-state index contributed by atoms with van der Waals surface area (Å²) >= 11 is 16.7. The molecule has 80 valence electrons. The van der Waals surface area contributed by atoms with E-state index in [4.69, 9.17) is 34.8 Å². The number of aliphatic hydroxyl groups excluding tert-OH is 1. The lowest BCUT2D eigenvalue weighted by molar-refractivity contribution is 0.182. The normalized spacial score (nSPS) is 14.8. The maximum absolute atomic E-state index is 9.60. The number of nitrogens with zero attached hydrogens (tertiary/aromatic N) is 2. The van der Waals surface area contributed by atoms with E-state index in [0.29, 0.717) is 5.56 Å². The molecular weight excluding hydrogens is 246 g/mol. The number of hydrogen-bond donors (Lipinski definition) is 1. The molecule has 0 radical (unpaired) electrons. The third kappa shape index (κ3) is 2.76. The molecule has 0 saturated carbocycles. The van der Waals surface area contributed by atoms with Gasteiger partial charge in [-0.1, -0.05) is 34.8 Å². The van der Waals surface area contributed by atoms with Crippen LogP contribution in [0.15, 0.2) is 12.4 Å². The lowest BCUT2D eigenvalue weighted by atomic mass is 10.2. The van der Waals surface area contributed by atoms with Gasteiger partial charge in [0.2, 0.25) is 3.79 Å². The summed E-state index contributed by atoms with van der Waals surface area (Å²) < 4.78 is -0.0280. The van der Waals surface area contributed by atoms with Gasteiger partial charge < -0.3 is 5.11 Å². The van der Waals surface area contributed by atoms with E-state index in [1.807, 2.05) is 13.8 Å². The first-order chi connectivity index (χ1) is 6.32. The number of aliphatic hydroxyl groups is 1. The predicted octanol–water partition coefficient (Wildman–Crippen LogP) is 2.87. The maximum atomic E-state index is 9.60. The van der Waals surface area contributed by atoms with Crippen molar-refractivity contribution in [3.8, 4) is 0 Å². The SMILES string of the molecule is CC(C)n1cc(C(O)C(Cl)(Cl)Cl)cn1. The Morgan fingerprint density at radius 1 is 1.43 bits per heavy atom. The van der Waals surface area contributed by atoms with E-state index >= 15 is 0 Å². The Morgan fingerprint density at radius 2 is 2.00 bits per heavy atom. The summed E-state index contributed by atoms with van der Waals surface area (Å²) in [5.74, 6) is 0. The van der Waals surface area contributed by atoms with Crippen molar-refractivity contribution in [1.82, 2.24) is 9.78 Å². The quantitative estimate of drug-likeness (QED) is 0.827. The maximum Gasteiger partial charge on any atom is 0.220 e. The molecule has 1 unspecified atom stereocenters. The molecule has 0 aliphatic carbocycles. The molecule has 0 fully saturated rings. The van der Waals surface area contributed by atoms with Crippen molar-refractivity contribution in [3.05, 3.63) is 18.0 Å². The Morgan fingerprint density at radius 3 is 2.36 bits per heavy atom. The largest absolute Gasteiger partial charge is 0.384 e. The van der Waals surface area contributed by atoms with Crippen molar-refractivity contribution < 1.29 is 5.11 Å². The van der Waals surface area contributed by atoms with Crippen molar-refractivity contribution >= 4 is 34.8 Å². The van der Waals surface area contributed by atoms with Gasteiger partial charge in [0.25, 0.3) is 0 Å². The van der Waals surface area contributed by atoms with E-state index in [0.717, 1.165) is 0 Å². The fourth-order valence-electron chi connectivity index (χ4n) is 0.965. The van der Waals surface area contributed by atoms with E-state index in [1.54, 1.807) is 10.9 Å². The van der Waals surface area contributed by atoms with Crippen LogP contribution < -0.4 is 0 Å². The lowest BCUT2D eigenvalue weighted by Crippen LogP contribution is -2.15. The monoisotopic (exact) mass is 256 g/mol. The van der Waals surface area contributed by atoms with E-state index in [2.05, 4.69) is 5.10 Å². The van der Waals surface area contributed by atoms with Gasteiger partial charge in [0, 0.05) is 17.8 Å². The molecular formula is C8H11Cl3N2O. The van der Waals surface area contributed by atoms with E-state index in [1.165, 1.54) is 6.20 Å². The molecule has 0 aromatic carbocycles. The molecule has 1 heterocycles. The third-order valence-electron chi connectivity index (χ3n) is 1.78. The van der Waals surface area contributed by atoms with Crippen molar-refractivity contribution in [2.45, 2.75) is 29.8 Å². The molecule has 0 aliphatic heterocycles. The van der Waals surface area contributed by atoms with Gasteiger partial charge in [0.1, 0.15) is 6.10 Å². The van der Waals surface area contributed by atoms with Gasteiger partial charge in [-0.25, -0.2) is 0 Å². The summed E-state index contributed by atoms with van der Waals surface area (Å²) in [4.78, 5) is 0. The molecule has 1 rings (SSSR count). The molecule has 0 aliphatic rings. The fourth-order valence-corrected chi connectivity index (χ4v) is 1.34. The van der Waals surface area contributed by atoms with Gasteiger partial charge in [-0.05, 0) is 13.8 Å². The summed E-state index contributed by atoms with van der Waals surface area (Å²) in [6.45, 7) is 3.94. The minimum Gasteiger partial charge on any atom is -0.384 e. The van der Waals surface area contributed by atoms with Crippen LogP contribution in [0.5, 0.6) is 0 Å². The van der Waals surface area contributed by atoms with E-state index < -0.39 is 9.90 Å². The molecule has 0 spiro atoms. The fraction of sp³-hybridized carbons (Fsp3) is 0.625. The van der Waals surface area contributed by atoms with Crippen LogP contribution in [0, 0.1) is 0 Å². The number of alkyl halides is 3. The van der Waals surface area contributed by atoms with Crippen molar-refractivity contribution in [2.75, 3.05) is 0 Å². The summed E-state index contributed by atoms with van der Waals surface area (Å²) in [7, 11) is 0. The Kier molecular flexibility index (Phi) is 3.69. The second kappa shape index (κ2) is 4.27. The molecule has 1 aromatic heterocycles. The highest BCUT2D eigenvalue weighted by atomic mass is 35.6. The van der Waals surface area contributed by atoms with Gasteiger partial charge in [-0.15, -0.1) is 0 Å². The highest BCUT2D eigenvalue weighted by molar-refractivity contribution is 6.67. The Labute approximate surface area is 97.6 Å². The molecule has 3 nitrogen and oxygen atoms in total. The molecule has 6 heteroatoms. The summed E-state index contributed by atoms with van der Waals surface area (Å²) in [6, 6.07) is 0.214. The highest BCUT2D eigenvalue weighted by Gasteiger charge is 2.33. The van der Waals surface area contributed by atoms with Crippen LogP contribution in [0.2, 0.25) is 0 Å². The third-order valence-corrected chi connectivity index (χ3v) is 2.40. The second-order valence-corrected chi connectivity index (χ2v) is 5.66. The second-order valence-electron chi connectivity index (χ2n) is 3.29. The first-order valence-corrected chi connectivity index (χ1v) is 5.24. The number of rotatable bonds is 2.